The molecule has 0 saturated carbocycles. The van der Waals surface area contributed by atoms with Gasteiger partial charge in [-0.2, -0.15) is 40.5 Å². The van der Waals surface area contributed by atoms with Crippen molar-refractivity contribution < 1.29 is 42.5 Å². The number of imidazole rings is 2. The number of hydrogen-bond donors (Lipinski definition) is 4. The second kappa shape index (κ2) is 22.7. The topological polar surface area (TPSA) is 198 Å². The molecule has 4 aliphatic heterocycles. The molecule has 3 fully saturated rings. The van der Waals surface area contributed by atoms with Gasteiger partial charge < -0.3 is 49.3 Å². The third-order valence-electron chi connectivity index (χ3n) is 15.5. The van der Waals surface area contributed by atoms with Gasteiger partial charge in [-0.15, -0.1) is 11.3 Å². The normalized spacial score (nSPS) is 21.0. The Hall–Kier alpha value is -5.68. The summed E-state index contributed by atoms with van der Waals surface area (Å²) in [4.78, 5) is 75.5. The van der Waals surface area contributed by atoms with Crippen molar-refractivity contribution in [2.45, 2.75) is 121 Å². The van der Waals surface area contributed by atoms with E-state index in [2.05, 4.69) is 37.3 Å². The number of aryl methyl sites for hydroxylation is 2. The molecule has 11 rings (SSSR count). The predicted molar refractivity (Wildman–Crippen MR) is 302 cm³/mol. The quantitative estimate of drug-likeness (QED) is 0.0969. The molecule has 8 heterocycles. The number of aromatic amines is 2. The van der Waals surface area contributed by atoms with Gasteiger partial charge in [-0.1, -0.05) is 19.9 Å². The molecule has 0 radical (unpaired) electrons. The number of carbonyl (C=O) groups excluding carboxylic acids is 4. The highest BCUT2D eigenvalue weighted by atomic mass is 32.1. The maximum atomic E-state index is 17.0. The standard InChI is InChI=1S/C54H62FN9O8S.3H2S/c1-28(2)45(60-52(67)69-5)49(65)62-17-8-11-38(62)48-57-27-36(59-48)32-21-34(55)44-40-22-33-20-29(14-15-37(33)64(40)51(72-41(44)23-32)43-24-30-10-7-13-42(30)73-43)35-26-56-47(58-35)39-12-9-18-63(39)50(66)46(61-53(68)70-6)31-16-19-71-54(3,4)25-31;;;/h14-15,20-24,26-28,31,38-39,45-46,51H,7-13,16-19,25H2,1-6H3,(H,56,58)(H,57,59)(H,60,67)(H,61,68);3*1H2/t31?,38-,39-,45-,46?,51?;;;/m0.../s1. The number of likely N-dealkylation sites (tertiary alicyclic amines) is 2. The number of rotatable bonds is 11. The Morgan fingerprint density at radius 2 is 1.47 bits per heavy atom. The van der Waals surface area contributed by atoms with E-state index < -0.39 is 41.9 Å². The zero-order valence-corrected chi connectivity index (χ0v) is 47.3. The highest BCUT2D eigenvalue weighted by molar-refractivity contribution is 7.59. The smallest absolute Gasteiger partial charge is 0.407 e. The first-order chi connectivity index (χ1) is 35.2. The number of fused-ring (bicyclic) bond motifs is 6. The molecule has 5 aliphatic rings. The van der Waals surface area contributed by atoms with E-state index in [-0.39, 0.29) is 76.2 Å². The van der Waals surface area contributed by atoms with Gasteiger partial charge >= 0.3 is 12.2 Å². The molecule has 4 aromatic heterocycles. The van der Waals surface area contributed by atoms with Gasteiger partial charge in [0.1, 0.15) is 35.3 Å². The molecule has 0 bridgehead atoms. The van der Waals surface area contributed by atoms with E-state index in [0.717, 1.165) is 59.1 Å². The number of ether oxygens (including phenoxy) is 4. The highest BCUT2D eigenvalue weighted by Crippen LogP contribution is 2.49. The second-order valence-electron chi connectivity index (χ2n) is 21.0. The van der Waals surface area contributed by atoms with Crippen molar-refractivity contribution in [3.05, 3.63) is 87.6 Å². The van der Waals surface area contributed by atoms with E-state index in [9.17, 15) is 19.2 Å². The largest absolute Gasteiger partial charge is 0.464 e. The Balaban J connectivity index is 0.00000255. The molecule has 4 amide bonds. The Morgan fingerprint density at radius 1 is 0.816 bits per heavy atom. The summed E-state index contributed by atoms with van der Waals surface area (Å²) >= 11 is 1.75. The van der Waals surface area contributed by atoms with E-state index in [1.54, 1.807) is 28.6 Å². The third kappa shape index (κ3) is 10.5. The van der Waals surface area contributed by atoms with Gasteiger partial charge in [-0.25, -0.2) is 23.9 Å². The zero-order chi connectivity index (χ0) is 50.9. The van der Waals surface area contributed by atoms with Crippen molar-refractivity contribution in [1.82, 2.24) is 44.9 Å². The minimum atomic E-state index is -0.772. The zero-order valence-electron chi connectivity index (χ0n) is 43.5. The number of nitrogens with one attached hydrogen (secondary N) is 4. The Labute approximate surface area is 466 Å². The molecule has 22 heteroatoms. The first kappa shape index (κ1) is 56.5. The number of alkyl carbamates (subject to hydrolysis) is 2. The third-order valence-corrected chi connectivity index (χ3v) is 16.7. The summed E-state index contributed by atoms with van der Waals surface area (Å²) < 4.78 is 41.8. The van der Waals surface area contributed by atoms with Gasteiger partial charge in [-0.3, -0.25) is 14.2 Å². The molecule has 1 aliphatic carbocycles. The van der Waals surface area contributed by atoms with Gasteiger partial charge in [0.15, 0.2) is 0 Å². The molecule has 6 atom stereocenters. The van der Waals surface area contributed by atoms with Crippen LogP contribution in [0.4, 0.5) is 14.0 Å². The van der Waals surface area contributed by atoms with Gasteiger partial charge in [0.2, 0.25) is 18.0 Å². The van der Waals surface area contributed by atoms with Crippen LogP contribution in [-0.2, 0) is 36.6 Å². The molecule has 408 valence electrons. The molecule has 76 heavy (non-hydrogen) atoms. The lowest BCUT2D eigenvalue weighted by atomic mass is 9.82. The average molecular weight is 1120 g/mol. The minimum Gasteiger partial charge on any atom is -0.464 e. The number of benzene rings is 2. The summed E-state index contributed by atoms with van der Waals surface area (Å²) in [5, 5.41) is 6.45. The van der Waals surface area contributed by atoms with Crippen molar-refractivity contribution in [3.8, 4) is 39.5 Å². The van der Waals surface area contributed by atoms with E-state index in [0.29, 0.717) is 85.3 Å². The van der Waals surface area contributed by atoms with Crippen LogP contribution in [0, 0.1) is 17.7 Å². The number of H-pyrrole nitrogens is 2. The van der Waals surface area contributed by atoms with Crippen molar-refractivity contribution >= 4 is 86.7 Å². The summed E-state index contributed by atoms with van der Waals surface area (Å²) in [5.74, 6) is 0.527. The summed E-state index contributed by atoms with van der Waals surface area (Å²) in [6.45, 7) is 9.30. The maximum Gasteiger partial charge on any atom is 0.407 e. The molecular weight excluding hydrogens is 1050 g/mol. The van der Waals surface area contributed by atoms with Gasteiger partial charge in [0.25, 0.3) is 0 Å². The number of hydrogen-bond acceptors (Lipinski definition) is 11. The molecule has 6 aromatic rings. The fourth-order valence-corrected chi connectivity index (χ4v) is 13.2. The highest BCUT2D eigenvalue weighted by Gasteiger charge is 2.44. The van der Waals surface area contributed by atoms with Crippen LogP contribution in [0.3, 0.4) is 0 Å². The number of methoxy groups -OCH3 is 2. The Kier molecular flexibility index (Phi) is 16.9. The molecule has 17 nitrogen and oxygen atoms in total. The summed E-state index contributed by atoms with van der Waals surface area (Å²) in [6, 6.07) is 11.6. The van der Waals surface area contributed by atoms with Crippen LogP contribution in [0.1, 0.15) is 118 Å². The number of nitrogens with zero attached hydrogens (tertiary/aromatic N) is 5. The molecular formula is C54H68FN9O8S4. The summed E-state index contributed by atoms with van der Waals surface area (Å²) in [5.41, 5.74) is 5.62. The Morgan fingerprint density at radius 3 is 2.12 bits per heavy atom. The fourth-order valence-electron chi connectivity index (χ4n) is 11.9. The SMILES string of the molecule is COC(=O)NC(C(=O)N1CCC[C@H]1c1ncc(-c2ccc3c(c2)cc2n3C(c3cc4c(s3)CCC4)Oc3cc(-c4cnc([C@@H]5CCCN5C(=O)[C@@H](NC(=O)OC)C(C)C)[nH]4)cc(F)c3-2)[nH]1)C1CCOC(C)(C)C1.S.S.S. The van der Waals surface area contributed by atoms with Crippen LogP contribution in [0.2, 0.25) is 0 Å². The average Bonchev–Trinajstić information content (AvgIpc) is 4.23. The van der Waals surface area contributed by atoms with E-state index in [1.165, 1.54) is 30.7 Å². The first-order valence-corrected chi connectivity index (χ1v) is 26.3. The molecule has 4 N–H and O–H groups in total. The van der Waals surface area contributed by atoms with Crippen LogP contribution in [0.5, 0.6) is 5.75 Å². The van der Waals surface area contributed by atoms with Gasteiger partial charge in [0.05, 0.1) is 77.3 Å². The van der Waals surface area contributed by atoms with Crippen molar-refractivity contribution in [2.24, 2.45) is 11.8 Å². The molecule has 3 unspecified atom stereocenters. The first-order valence-electron chi connectivity index (χ1n) is 25.5. The van der Waals surface area contributed by atoms with Crippen molar-refractivity contribution in [1.29, 1.82) is 0 Å². The number of aromatic nitrogens is 5. The van der Waals surface area contributed by atoms with Crippen LogP contribution < -0.4 is 15.4 Å². The second-order valence-corrected chi connectivity index (χ2v) is 22.2. The maximum absolute atomic E-state index is 17.0. The lowest BCUT2D eigenvalue weighted by Crippen LogP contribution is -2.54. The van der Waals surface area contributed by atoms with Crippen molar-refractivity contribution in [3.63, 3.8) is 0 Å². The van der Waals surface area contributed by atoms with Crippen molar-refractivity contribution in [2.75, 3.05) is 33.9 Å². The lowest BCUT2D eigenvalue weighted by molar-refractivity contribution is -0.139. The molecule has 3 saturated heterocycles. The van der Waals surface area contributed by atoms with E-state index >= 15 is 4.39 Å². The summed E-state index contributed by atoms with van der Waals surface area (Å²) in [7, 11) is 2.57. The van der Waals surface area contributed by atoms with E-state index in [4.69, 9.17) is 28.9 Å². The fraction of sp³-hybridized carbons (Fsp3) is 0.481. The van der Waals surface area contributed by atoms with Gasteiger partial charge in [-0.05, 0) is 125 Å². The predicted octanol–water partition coefficient (Wildman–Crippen LogP) is 9.69. The minimum absolute atomic E-state index is 0. The Bertz CT molecular complexity index is 3110. The van der Waals surface area contributed by atoms with Crippen LogP contribution in [0.25, 0.3) is 44.7 Å². The number of halogens is 1. The number of carbonyl (C=O) groups is 4. The molecule has 0 spiro atoms. The van der Waals surface area contributed by atoms with Crippen LogP contribution >= 0.6 is 51.8 Å². The van der Waals surface area contributed by atoms with Gasteiger partial charge in [0, 0.05) is 41.1 Å². The summed E-state index contributed by atoms with van der Waals surface area (Å²) in [6.07, 6.45) is 8.95. The van der Waals surface area contributed by atoms with Crippen LogP contribution in [-0.4, -0.2) is 110 Å². The monoisotopic (exact) mass is 1120 g/mol. The lowest BCUT2D eigenvalue weighted by Gasteiger charge is -2.40. The van der Waals surface area contributed by atoms with E-state index in [1.807, 2.05) is 56.9 Å². The number of thiophene rings is 1. The molecule has 2 aromatic carbocycles. The van der Waals surface area contributed by atoms with Crippen LogP contribution in [0.15, 0.2) is 54.9 Å². The number of amides is 4.